The molecule has 3 heterocycles. The van der Waals surface area contributed by atoms with E-state index in [1.165, 1.54) is 12.3 Å². The molecular formula is C18H14N2O10. The van der Waals surface area contributed by atoms with Gasteiger partial charge in [0.15, 0.2) is 6.04 Å². The van der Waals surface area contributed by atoms with E-state index in [2.05, 4.69) is 4.99 Å². The van der Waals surface area contributed by atoms with E-state index >= 15 is 0 Å². The first-order valence-electron chi connectivity index (χ1n) is 8.42. The highest BCUT2D eigenvalue weighted by molar-refractivity contribution is 6.41. The number of fused-ring (bicyclic) bond motifs is 1. The summed E-state index contributed by atoms with van der Waals surface area (Å²) in [5, 5.41) is 36.7. The molecule has 2 aliphatic rings. The Balaban J connectivity index is 2.00. The molecule has 0 unspecified atom stereocenters. The van der Waals surface area contributed by atoms with Crippen molar-refractivity contribution in [1.82, 2.24) is 0 Å². The Labute approximate surface area is 166 Å². The molecular weight excluding hydrogens is 404 g/mol. The van der Waals surface area contributed by atoms with Crippen LogP contribution in [0.1, 0.15) is 22.5 Å². The lowest BCUT2D eigenvalue weighted by molar-refractivity contribution is -0.139. The van der Waals surface area contributed by atoms with Crippen molar-refractivity contribution >= 4 is 35.3 Å². The maximum atomic E-state index is 12.3. The Morgan fingerprint density at radius 2 is 1.77 bits per heavy atom. The predicted molar refractivity (Wildman–Crippen MR) is 97.9 cm³/mol. The number of allylic oxidation sites excluding steroid dienone is 1. The fourth-order valence-corrected chi connectivity index (χ4v) is 3.18. The number of carboxylic acids is 4. The largest absolute Gasteiger partial charge is 0.480 e. The van der Waals surface area contributed by atoms with E-state index in [1.807, 2.05) is 0 Å². The van der Waals surface area contributed by atoms with E-state index < -0.39 is 53.1 Å². The summed E-state index contributed by atoms with van der Waals surface area (Å²) in [5.41, 5.74) is -1.29. The smallest absolute Gasteiger partial charge is 0.371 e. The minimum atomic E-state index is -1.48. The average molecular weight is 418 g/mol. The Morgan fingerprint density at radius 1 is 1.07 bits per heavy atom. The number of hydrogen-bond donors (Lipinski definition) is 4. The van der Waals surface area contributed by atoms with Crippen molar-refractivity contribution in [3.8, 4) is 0 Å². The van der Waals surface area contributed by atoms with Gasteiger partial charge in [-0.05, 0) is 29.4 Å². The van der Waals surface area contributed by atoms with Crippen LogP contribution in [0.15, 0.2) is 44.2 Å². The molecule has 0 bridgehead atoms. The van der Waals surface area contributed by atoms with E-state index in [-0.39, 0.29) is 29.7 Å². The molecule has 2 atom stereocenters. The summed E-state index contributed by atoms with van der Waals surface area (Å²) >= 11 is 0. The second kappa shape index (κ2) is 7.66. The third-order valence-corrected chi connectivity index (χ3v) is 4.51. The Kier molecular flexibility index (Phi) is 5.24. The van der Waals surface area contributed by atoms with Gasteiger partial charge in [-0.2, -0.15) is 0 Å². The molecule has 0 saturated heterocycles. The molecule has 0 fully saturated rings. The summed E-state index contributed by atoms with van der Waals surface area (Å²) in [6.07, 6.45) is 3.30. The van der Waals surface area contributed by atoms with Crippen molar-refractivity contribution < 1.29 is 44.0 Å². The SMILES string of the molecule is O=C(O)C1=N[C@H](C(=O)O)CC(/C=C/N2c3c(cc(C(=O)O)oc3=O)C[C@H]2C(=O)O)=C1. The molecule has 0 saturated carbocycles. The molecule has 12 nitrogen and oxygen atoms in total. The third kappa shape index (κ3) is 3.83. The minimum Gasteiger partial charge on any atom is -0.480 e. The Bertz CT molecular complexity index is 1110. The molecule has 156 valence electrons. The zero-order valence-electron chi connectivity index (χ0n) is 15.0. The molecule has 0 radical (unpaired) electrons. The summed E-state index contributed by atoms with van der Waals surface area (Å²) in [6.45, 7) is 0. The summed E-state index contributed by atoms with van der Waals surface area (Å²) < 4.78 is 4.72. The van der Waals surface area contributed by atoms with Crippen molar-refractivity contribution in [3.63, 3.8) is 0 Å². The number of dihydropyridines is 1. The van der Waals surface area contributed by atoms with Crippen molar-refractivity contribution in [2.45, 2.75) is 24.9 Å². The van der Waals surface area contributed by atoms with Gasteiger partial charge in [-0.1, -0.05) is 0 Å². The highest BCUT2D eigenvalue weighted by atomic mass is 16.4. The molecule has 2 aliphatic heterocycles. The van der Waals surface area contributed by atoms with Gasteiger partial charge in [0, 0.05) is 19.0 Å². The molecule has 0 spiro atoms. The topological polar surface area (TPSA) is 195 Å². The number of rotatable bonds is 6. The summed E-state index contributed by atoms with van der Waals surface area (Å²) in [5.74, 6) is -6.16. The minimum absolute atomic E-state index is 0.145. The second-order valence-electron chi connectivity index (χ2n) is 6.46. The molecule has 4 N–H and O–H groups in total. The van der Waals surface area contributed by atoms with Crippen LogP contribution in [0.5, 0.6) is 0 Å². The maximum Gasteiger partial charge on any atom is 0.371 e. The molecule has 30 heavy (non-hydrogen) atoms. The summed E-state index contributed by atoms with van der Waals surface area (Å²) in [4.78, 5) is 62.0. The molecule has 0 amide bonds. The summed E-state index contributed by atoms with van der Waals surface area (Å²) in [7, 11) is 0. The number of aliphatic imine (C=N–C) groups is 1. The zero-order valence-corrected chi connectivity index (χ0v) is 15.0. The molecule has 3 rings (SSSR count). The van der Waals surface area contributed by atoms with Gasteiger partial charge in [-0.15, -0.1) is 0 Å². The zero-order chi connectivity index (χ0) is 22.2. The van der Waals surface area contributed by atoms with Gasteiger partial charge in [-0.25, -0.2) is 24.0 Å². The Morgan fingerprint density at radius 3 is 2.33 bits per heavy atom. The lowest BCUT2D eigenvalue weighted by Crippen LogP contribution is -2.36. The quantitative estimate of drug-likeness (QED) is 0.484. The lowest BCUT2D eigenvalue weighted by atomic mass is 10.0. The highest BCUT2D eigenvalue weighted by Crippen LogP contribution is 2.31. The molecule has 12 heteroatoms. The van der Waals surface area contributed by atoms with Crippen LogP contribution < -0.4 is 10.5 Å². The van der Waals surface area contributed by atoms with Crippen LogP contribution in [0, 0.1) is 0 Å². The fourth-order valence-electron chi connectivity index (χ4n) is 3.18. The lowest BCUT2D eigenvalue weighted by Gasteiger charge is -2.20. The van der Waals surface area contributed by atoms with Gasteiger partial charge in [-0.3, -0.25) is 4.99 Å². The number of aromatic carboxylic acids is 1. The maximum absolute atomic E-state index is 12.3. The molecule has 0 aromatic carbocycles. The van der Waals surface area contributed by atoms with E-state index in [4.69, 9.17) is 19.7 Å². The van der Waals surface area contributed by atoms with Gasteiger partial charge >= 0.3 is 29.5 Å². The van der Waals surface area contributed by atoms with Gasteiger partial charge in [0.1, 0.15) is 17.4 Å². The number of hydrogen-bond acceptors (Lipinski definition) is 8. The van der Waals surface area contributed by atoms with Crippen LogP contribution in [0.4, 0.5) is 5.69 Å². The van der Waals surface area contributed by atoms with Gasteiger partial charge in [0.05, 0.1) is 0 Å². The molecule has 0 aliphatic carbocycles. The number of anilines is 1. The van der Waals surface area contributed by atoms with Crippen LogP contribution >= 0.6 is 0 Å². The van der Waals surface area contributed by atoms with Crippen molar-refractivity contribution in [1.29, 1.82) is 0 Å². The molecule has 1 aromatic rings. The third-order valence-electron chi connectivity index (χ3n) is 4.51. The van der Waals surface area contributed by atoms with Gasteiger partial charge < -0.3 is 29.7 Å². The van der Waals surface area contributed by atoms with Crippen molar-refractivity contribution in [3.05, 3.63) is 51.7 Å². The van der Waals surface area contributed by atoms with Crippen LogP contribution in [0.25, 0.3) is 0 Å². The number of aliphatic carboxylic acids is 3. The highest BCUT2D eigenvalue weighted by Gasteiger charge is 2.37. The van der Waals surface area contributed by atoms with Crippen molar-refractivity contribution in [2.75, 3.05) is 4.90 Å². The van der Waals surface area contributed by atoms with E-state index in [9.17, 15) is 29.1 Å². The van der Waals surface area contributed by atoms with Crippen LogP contribution in [-0.2, 0) is 20.8 Å². The predicted octanol–water partition coefficient (Wildman–Crippen LogP) is -0.0237. The average Bonchev–Trinajstić information content (AvgIpc) is 3.05. The second-order valence-corrected chi connectivity index (χ2v) is 6.46. The number of nitrogens with zero attached hydrogens (tertiary/aromatic N) is 2. The van der Waals surface area contributed by atoms with Crippen LogP contribution in [0.3, 0.4) is 0 Å². The van der Waals surface area contributed by atoms with E-state index in [1.54, 1.807) is 0 Å². The van der Waals surface area contributed by atoms with E-state index in [0.717, 1.165) is 17.0 Å². The van der Waals surface area contributed by atoms with Crippen LogP contribution in [0.2, 0.25) is 0 Å². The fraction of sp³-hybridized carbons (Fsp3) is 0.222. The standard InChI is InChI=1S/C18H14N2O10/c21-14(22)9-3-7(4-10(19-9)15(23)24)1-2-20-11(16(25)26)5-8-6-12(17(27)28)30-18(29)13(8)20/h1-3,6,10-11H,4-5H2,(H,21,22)(H,23,24)(H,25,26)(H,27,28)/b2-1+/t10-,11-/m0/s1. The first-order chi connectivity index (χ1) is 14.1. The number of carbonyl (C=O) groups is 4. The first kappa shape index (κ1) is 20.5. The Hall–Kier alpha value is -4.22. The number of carboxylic acid groups (broad SMARTS) is 4. The van der Waals surface area contributed by atoms with Crippen molar-refractivity contribution in [2.24, 2.45) is 4.99 Å². The summed E-state index contributed by atoms with van der Waals surface area (Å²) in [6, 6.07) is -1.50. The van der Waals surface area contributed by atoms with Gasteiger partial charge in [0.2, 0.25) is 5.76 Å². The van der Waals surface area contributed by atoms with Crippen LogP contribution in [-0.4, -0.2) is 62.1 Å². The monoisotopic (exact) mass is 418 g/mol. The van der Waals surface area contributed by atoms with E-state index in [0.29, 0.717) is 0 Å². The first-order valence-corrected chi connectivity index (χ1v) is 8.42. The molecule has 1 aromatic heterocycles. The van der Waals surface area contributed by atoms with Gasteiger partial charge in [0.25, 0.3) is 0 Å². The normalized spacial score (nSPS) is 20.5.